The number of methoxy groups -OCH3 is 1. The standard InChI is InChI=1S/C20H31N3O2/c1-25-18-9-7-16(8-10-18)19(23-12-3-2-4-13-23)15-22-20(24)17-6-5-11-21-14-17/h7-10,17,19,21H,2-6,11-15H2,1H3,(H,22,24). The predicted molar refractivity (Wildman–Crippen MR) is 99.8 cm³/mol. The van der Waals surface area contributed by atoms with E-state index < -0.39 is 0 Å². The van der Waals surface area contributed by atoms with Crippen molar-refractivity contribution in [2.75, 3.05) is 39.8 Å². The van der Waals surface area contributed by atoms with Gasteiger partial charge < -0.3 is 15.4 Å². The molecular weight excluding hydrogens is 314 g/mol. The molecule has 1 amide bonds. The van der Waals surface area contributed by atoms with Gasteiger partial charge in [-0.2, -0.15) is 0 Å². The van der Waals surface area contributed by atoms with Crippen molar-refractivity contribution >= 4 is 5.91 Å². The fraction of sp³-hybridized carbons (Fsp3) is 0.650. The Hall–Kier alpha value is -1.59. The number of carbonyl (C=O) groups excluding carboxylic acids is 1. The van der Waals surface area contributed by atoms with Crippen LogP contribution < -0.4 is 15.4 Å². The number of nitrogens with zero attached hydrogens (tertiary/aromatic N) is 1. The number of benzene rings is 1. The third kappa shape index (κ3) is 4.95. The number of hydrogen-bond donors (Lipinski definition) is 2. The van der Waals surface area contributed by atoms with Crippen molar-refractivity contribution in [2.45, 2.75) is 38.1 Å². The Bertz CT molecular complexity index is 534. The van der Waals surface area contributed by atoms with Crippen LogP contribution in [0.2, 0.25) is 0 Å². The second kappa shape index (κ2) is 9.20. The molecule has 0 bridgehead atoms. The molecule has 2 heterocycles. The third-order valence-corrected chi connectivity index (χ3v) is 5.47. The number of ether oxygens (including phenoxy) is 1. The van der Waals surface area contributed by atoms with Crippen molar-refractivity contribution in [1.82, 2.24) is 15.5 Å². The number of piperidine rings is 2. The lowest BCUT2D eigenvalue weighted by Crippen LogP contribution is -2.45. The molecule has 138 valence electrons. The molecule has 0 spiro atoms. The molecule has 0 saturated carbocycles. The van der Waals surface area contributed by atoms with E-state index in [4.69, 9.17) is 4.74 Å². The van der Waals surface area contributed by atoms with Gasteiger partial charge in [0.15, 0.2) is 0 Å². The SMILES string of the molecule is COc1ccc(C(CNC(=O)C2CCCNC2)N2CCCCC2)cc1. The van der Waals surface area contributed by atoms with Crippen LogP contribution in [0.4, 0.5) is 0 Å². The van der Waals surface area contributed by atoms with E-state index in [1.807, 2.05) is 12.1 Å². The highest BCUT2D eigenvalue weighted by atomic mass is 16.5. The zero-order valence-corrected chi connectivity index (χ0v) is 15.3. The molecule has 5 heteroatoms. The van der Waals surface area contributed by atoms with Gasteiger partial charge in [-0.1, -0.05) is 18.6 Å². The van der Waals surface area contributed by atoms with Crippen molar-refractivity contribution in [2.24, 2.45) is 5.92 Å². The maximum atomic E-state index is 12.5. The van der Waals surface area contributed by atoms with Gasteiger partial charge in [0, 0.05) is 13.1 Å². The Morgan fingerprint density at radius 1 is 1.24 bits per heavy atom. The van der Waals surface area contributed by atoms with Crippen molar-refractivity contribution in [3.8, 4) is 5.75 Å². The second-order valence-electron chi connectivity index (χ2n) is 7.17. The minimum absolute atomic E-state index is 0.117. The summed E-state index contributed by atoms with van der Waals surface area (Å²) in [6.07, 6.45) is 5.88. The quantitative estimate of drug-likeness (QED) is 0.831. The van der Waals surface area contributed by atoms with Gasteiger partial charge in [-0.05, 0) is 63.0 Å². The number of nitrogens with one attached hydrogen (secondary N) is 2. The highest BCUT2D eigenvalue weighted by molar-refractivity contribution is 5.79. The molecular formula is C20H31N3O2. The van der Waals surface area contributed by atoms with Crippen LogP contribution >= 0.6 is 0 Å². The lowest BCUT2D eigenvalue weighted by atomic mass is 9.98. The number of carbonyl (C=O) groups is 1. The topological polar surface area (TPSA) is 53.6 Å². The van der Waals surface area contributed by atoms with Gasteiger partial charge in [0.25, 0.3) is 0 Å². The monoisotopic (exact) mass is 345 g/mol. The first-order chi connectivity index (χ1) is 12.3. The van der Waals surface area contributed by atoms with Crippen LogP contribution in [0.15, 0.2) is 24.3 Å². The molecule has 25 heavy (non-hydrogen) atoms. The maximum Gasteiger partial charge on any atom is 0.224 e. The molecule has 0 radical (unpaired) electrons. The van der Waals surface area contributed by atoms with E-state index in [9.17, 15) is 4.79 Å². The van der Waals surface area contributed by atoms with Crippen molar-refractivity contribution in [1.29, 1.82) is 0 Å². The van der Waals surface area contributed by atoms with Crippen molar-refractivity contribution in [3.05, 3.63) is 29.8 Å². The van der Waals surface area contributed by atoms with Crippen LogP contribution in [-0.4, -0.2) is 50.6 Å². The van der Waals surface area contributed by atoms with Gasteiger partial charge in [0.2, 0.25) is 5.91 Å². The van der Waals surface area contributed by atoms with Gasteiger partial charge in [-0.3, -0.25) is 9.69 Å². The van der Waals surface area contributed by atoms with Crippen LogP contribution in [0.1, 0.15) is 43.7 Å². The molecule has 0 aromatic heterocycles. The summed E-state index contributed by atoms with van der Waals surface area (Å²) in [6.45, 7) is 4.74. The summed E-state index contributed by atoms with van der Waals surface area (Å²) in [5.74, 6) is 1.19. The summed E-state index contributed by atoms with van der Waals surface area (Å²) in [4.78, 5) is 15.0. The number of hydrogen-bond acceptors (Lipinski definition) is 4. The van der Waals surface area contributed by atoms with Crippen LogP contribution in [0, 0.1) is 5.92 Å². The summed E-state index contributed by atoms with van der Waals surface area (Å²) in [5.41, 5.74) is 1.25. The Morgan fingerprint density at radius 2 is 2.00 bits per heavy atom. The summed E-state index contributed by atoms with van der Waals surface area (Å²) in [7, 11) is 1.69. The Labute approximate surface area is 151 Å². The first kappa shape index (κ1) is 18.2. The van der Waals surface area contributed by atoms with Gasteiger partial charge in [-0.25, -0.2) is 0 Å². The zero-order valence-electron chi connectivity index (χ0n) is 15.3. The molecule has 1 aromatic rings. The van der Waals surface area contributed by atoms with Gasteiger partial charge >= 0.3 is 0 Å². The summed E-state index contributed by atoms with van der Waals surface area (Å²) >= 11 is 0. The molecule has 2 unspecified atom stereocenters. The first-order valence-electron chi connectivity index (χ1n) is 9.64. The van der Waals surface area contributed by atoms with E-state index in [1.54, 1.807) is 7.11 Å². The molecule has 2 atom stereocenters. The highest BCUT2D eigenvalue weighted by Gasteiger charge is 2.25. The molecule has 2 saturated heterocycles. The van der Waals surface area contributed by atoms with Gasteiger partial charge in [0.1, 0.15) is 5.75 Å². The Morgan fingerprint density at radius 3 is 2.64 bits per heavy atom. The van der Waals surface area contributed by atoms with Crippen LogP contribution in [-0.2, 0) is 4.79 Å². The van der Waals surface area contributed by atoms with Crippen LogP contribution in [0.5, 0.6) is 5.75 Å². The summed E-state index contributed by atoms with van der Waals surface area (Å²) in [5, 5.41) is 6.55. The number of likely N-dealkylation sites (tertiary alicyclic amines) is 1. The van der Waals surface area contributed by atoms with Crippen LogP contribution in [0.25, 0.3) is 0 Å². The van der Waals surface area contributed by atoms with Gasteiger partial charge in [-0.15, -0.1) is 0 Å². The molecule has 2 aliphatic rings. The van der Waals surface area contributed by atoms with E-state index >= 15 is 0 Å². The average molecular weight is 345 g/mol. The number of amides is 1. The molecule has 0 aliphatic carbocycles. The van der Waals surface area contributed by atoms with E-state index in [-0.39, 0.29) is 17.9 Å². The molecule has 2 N–H and O–H groups in total. The third-order valence-electron chi connectivity index (χ3n) is 5.47. The van der Waals surface area contributed by atoms with E-state index in [1.165, 1.54) is 24.8 Å². The lowest BCUT2D eigenvalue weighted by Gasteiger charge is -2.35. The fourth-order valence-electron chi connectivity index (χ4n) is 3.93. The van der Waals surface area contributed by atoms with E-state index in [0.717, 1.165) is 44.8 Å². The normalized spacial score (nSPS) is 23.0. The second-order valence-corrected chi connectivity index (χ2v) is 7.17. The molecule has 3 rings (SSSR count). The molecule has 1 aromatic carbocycles. The average Bonchev–Trinajstić information content (AvgIpc) is 2.70. The Balaban J connectivity index is 1.65. The van der Waals surface area contributed by atoms with E-state index in [0.29, 0.717) is 6.54 Å². The summed E-state index contributed by atoms with van der Waals surface area (Å²) in [6, 6.07) is 8.53. The lowest BCUT2D eigenvalue weighted by molar-refractivity contribution is -0.125. The molecule has 2 aliphatic heterocycles. The predicted octanol–water partition coefficient (Wildman–Crippen LogP) is 2.34. The molecule has 5 nitrogen and oxygen atoms in total. The first-order valence-corrected chi connectivity index (χ1v) is 9.64. The number of rotatable bonds is 6. The highest BCUT2D eigenvalue weighted by Crippen LogP contribution is 2.26. The largest absolute Gasteiger partial charge is 0.497 e. The fourth-order valence-corrected chi connectivity index (χ4v) is 3.93. The summed E-state index contributed by atoms with van der Waals surface area (Å²) < 4.78 is 5.28. The molecule has 2 fully saturated rings. The maximum absolute atomic E-state index is 12.5. The van der Waals surface area contributed by atoms with Crippen molar-refractivity contribution in [3.63, 3.8) is 0 Å². The van der Waals surface area contributed by atoms with Gasteiger partial charge in [0.05, 0.1) is 19.1 Å². The van der Waals surface area contributed by atoms with E-state index in [2.05, 4.69) is 27.7 Å². The minimum Gasteiger partial charge on any atom is -0.497 e. The zero-order chi connectivity index (χ0) is 17.5. The Kier molecular flexibility index (Phi) is 6.70. The smallest absolute Gasteiger partial charge is 0.224 e. The van der Waals surface area contributed by atoms with Crippen molar-refractivity contribution < 1.29 is 9.53 Å². The minimum atomic E-state index is 0.117. The van der Waals surface area contributed by atoms with Crippen LogP contribution in [0.3, 0.4) is 0 Å².